The van der Waals surface area contributed by atoms with Gasteiger partial charge in [-0.15, -0.1) is 0 Å². The minimum Gasteiger partial charge on any atom is -0.351 e. The van der Waals surface area contributed by atoms with Gasteiger partial charge in [-0.2, -0.15) is 0 Å². The first-order valence-electron chi connectivity index (χ1n) is 8.62. The zero-order chi connectivity index (χ0) is 19.2. The highest BCUT2D eigenvalue weighted by Crippen LogP contribution is 2.13. The summed E-state index contributed by atoms with van der Waals surface area (Å²) in [5.41, 5.74) is 3.85. The van der Waals surface area contributed by atoms with Crippen LogP contribution >= 0.6 is 11.8 Å². The number of hydrogen-bond donors (Lipinski definition) is 1. The summed E-state index contributed by atoms with van der Waals surface area (Å²) in [7, 11) is 0. The van der Waals surface area contributed by atoms with Crippen molar-refractivity contribution in [1.82, 2.24) is 14.9 Å². The van der Waals surface area contributed by atoms with Gasteiger partial charge >= 0.3 is 0 Å². The number of amides is 1. The predicted octanol–water partition coefficient (Wildman–Crippen LogP) is 3.26. The largest absolute Gasteiger partial charge is 0.351 e. The SMILES string of the molecule is Cc1ccc(CNC(=O)CSc2nccn(-c3cccc(C)c3)c2=O)cc1. The van der Waals surface area contributed by atoms with Crippen LogP contribution in [-0.4, -0.2) is 21.2 Å². The summed E-state index contributed by atoms with van der Waals surface area (Å²) in [5, 5.41) is 3.18. The van der Waals surface area contributed by atoms with E-state index in [4.69, 9.17) is 0 Å². The van der Waals surface area contributed by atoms with E-state index in [0.717, 1.165) is 28.6 Å². The number of rotatable bonds is 6. The molecule has 0 aliphatic heterocycles. The molecule has 1 N–H and O–H groups in total. The summed E-state index contributed by atoms with van der Waals surface area (Å²) in [6.45, 7) is 4.47. The van der Waals surface area contributed by atoms with E-state index in [0.29, 0.717) is 11.6 Å². The third-order valence-electron chi connectivity index (χ3n) is 4.04. The van der Waals surface area contributed by atoms with Crippen LogP contribution in [0.2, 0.25) is 0 Å². The van der Waals surface area contributed by atoms with Crippen molar-refractivity contribution >= 4 is 17.7 Å². The van der Waals surface area contributed by atoms with Gasteiger partial charge in [0.25, 0.3) is 5.56 Å². The predicted molar refractivity (Wildman–Crippen MR) is 108 cm³/mol. The molecule has 0 saturated heterocycles. The lowest BCUT2D eigenvalue weighted by atomic mass is 10.1. The molecule has 0 aliphatic rings. The summed E-state index contributed by atoms with van der Waals surface area (Å²) in [6, 6.07) is 15.7. The molecule has 2 aromatic carbocycles. The molecular weight excluding hydrogens is 358 g/mol. The lowest BCUT2D eigenvalue weighted by molar-refractivity contribution is -0.118. The maximum Gasteiger partial charge on any atom is 0.287 e. The highest BCUT2D eigenvalue weighted by atomic mass is 32.2. The van der Waals surface area contributed by atoms with Crippen LogP contribution in [0.3, 0.4) is 0 Å². The zero-order valence-electron chi connectivity index (χ0n) is 15.3. The zero-order valence-corrected chi connectivity index (χ0v) is 16.1. The average molecular weight is 379 g/mol. The van der Waals surface area contributed by atoms with Crippen molar-refractivity contribution in [2.24, 2.45) is 0 Å². The van der Waals surface area contributed by atoms with E-state index in [2.05, 4.69) is 10.3 Å². The second kappa shape index (κ2) is 8.68. The van der Waals surface area contributed by atoms with Crippen molar-refractivity contribution in [2.75, 3.05) is 5.75 Å². The van der Waals surface area contributed by atoms with Crippen molar-refractivity contribution in [3.63, 3.8) is 0 Å². The van der Waals surface area contributed by atoms with Crippen LogP contribution in [0, 0.1) is 13.8 Å². The van der Waals surface area contributed by atoms with Gasteiger partial charge in [0, 0.05) is 24.6 Å². The Morgan fingerprint density at radius 3 is 2.63 bits per heavy atom. The lowest BCUT2D eigenvalue weighted by Crippen LogP contribution is -2.26. The molecule has 5 nitrogen and oxygen atoms in total. The molecule has 3 rings (SSSR count). The van der Waals surface area contributed by atoms with E-state index < -0.39 is 0 Å². The number of nitrogens with zero attached hydrogens (tertiary/aromatic N) is 2. The molecule has 1 amide bonds. The van der Waals surface area contributed by atoms with E-state index in [1.54, 1.807) is 17.0 Å². The average Bonchev–Trinajstić information content (AvgIpc) is 2.67. The van der Waals surface area contributed by atoms with Crippen LogP contribution < -0.4 is 10.9 Å². The summed E-state index contributed by atoms with van der Waals surface area (Å²) >= 11 is 1.15. The molecule has 0 fully saturated rings. The Bertz CT molecular complexity index is 997. The molecule has 0 spiro atoms. The van der Waals surface area contributed by atoms with Gasteiger partial charge in [0.1, 0.15) is 0 Å². The van der Waals surface area contributed by atoms with Gasteiger partial charge < -0.3 is 5.32 Å². The molecule has 6 heteroatoms. The van der Waals surface area contributed by atoms with E-state index in [9.17, 15) is 9.59 Å². The molecule has 1 heterocycles. The Labute approximate surface area is 162 Å². The van der Waals surface area contributed by atoms with Crippen LogP contribution in [0.15, 0.2) is 70.7 Å². The Morgan fingerprint density at radius 1 is 1.11 bits per heavy atom. The first-order chi connectivity index (χ1) is 13.0. The van der Waals surface area contributed by atoms with E-state index in [-0.39, 0.29) is 17.2 Å². The van der Waals surface area contributed by atoms with Crippen molar-refractivity contribution in [3.8, 4) is 5.69 Å². The molecule has 3 aromatic rings. The van der Waals surface area contributed by atoms with E-state index in [1.807, 2.05) is 62.4 Å². The fraction of sp³-hybridized carbons (Fsp3) is 0.190. The molecule has 0 aliphatic carbocycles. The Morgan fingerprint density at radius 2 is 1.89 bits per heavy atom. The summed E-state index contributed by atoms with van der Waals surface area (Å²) < 4.78 is 1.55. The fourth-order valence-electron chi connectivity index (χ4n) is 2.57. The summed E-state index contributed by atoms with van der Waals surface area (Å²) in [5.74, 6) is 0.0130. The molecule has 27 heavy (non-hydrogen) atoms. The number of thioether (sulfide) groups is 1. The van der Waals surface area contributed by atoms with Crippen LogP contribution in [-0.2, 0) is 11.3 Å². The third kappa shape index (κ3) is 5.08. The van der Waals surface area contributed by atoms with Gasteiger partial charge in [-0.1, -0.05) is 53.7 Å². The number of aryl methyl sites for hydroxylation is 2. The van der Waals surface area contributed by atoms with Crippen LogP contribution in [0.25, 0.3) is 5.69 Å². The highest BCUT2D eigenvalue weighted by molar-refractivity contribution is 7.99. The van der Waals surface area contributed by atoms with E-state index in [1.165, 1.54) is 5.56 Å². The number of carbonyl (C=O) groups is 1. The Kier molecular flexibility index (Phi) is 6.08. The molecular formula is C21H21N3O2S. The normalized spacial score (nSPS) is 10.6. The minimum absolute atomic E-state index is 0.132. The van der Waals surface area contributed by atoms with Crippen LogP contribution in [0.5, 0.6) is 0 Å². The van der Waals surface area contributed by atoms with Gasteiger partial charge in [-0.05, 0) is 37.1 Å². The minimum atomic E-state index is -0.223. The van der Waals surface area contributed by atoms with Gasteiger partial charge in [-0.3, -0.25) is 14.2 Å². The first kappa shape index (κ1) is 18.9. The monoisotopic (exact) mass is 379 g/mol. The van der Waals surface area contributed by atoms with Gasteiger partial charge in [-0.25, -0.2) is 4.98 Å². The Hall–Kier alpha value is -2.86. The third-order valence-corrected chi connectivity index (χ3v) is 5.00. The van der Waals surface area contributed by atoms with Crippen molar-refractivity contribution in [3.05, 3.63) is 88.0 Å². The van der Waals surface area contributed by atoms with Gasteiger partial charge in [0.05, 0.1) is 5.75 Å². The number of benzene rings is 2. The Balaban J connectivity index is 1.62. The number of nitrogens with one attached hydrogen (secondary N) is 1. The van der Waals surface area contributed by atoms with Crippen LogP contribution in [0.4, 0.5) is 0 Å². The number of carbonyl (C=O) groups excluding carboxylic acids is 1. The molecule has 0 saturated carbocycles. The maximum absolute atomic E-state index is 12.7. The molecule has 1 aromatic heterocycles. The second-order valence-corrected chi connectivity index (χ2v) is 7.26. The quantitative estimate of drug-likeness (QED) is 0.668. The lowest BCUT2D eigenvalue weighted by Gasteiger charge is -2.08. The second-order valence-electron chi connectivity index (χ2n) is 6.30. The van der Waals surface area contributed by atoms with Crippen molar-refractivity contribution < 1.29 is 4.79 Å². The topological polar surface area (TPSA) is 64.0 Å². The smallest absolute Gasteiger partial charge is 0.287 e. The standard InChI is InChI=1S/C21H21N3O2S/c1-15-6-8-17(9-7-15)13-23-19(25)14-27-20-21(26)24(11-10-22-20)18-5-3-4-16(2)12-18/h3-12H,13-14H2,1-2H3,(H,23,25). The molecule has 0 unspecified atom stereocenters. The number of aromatic nitrogens is 2. The molecule has 0 radical (unpaired) electrons. The fourth-order valence-corrected chi connectivity index (χ4v) is 3.29. The highest BCUT2D eigenvalue weighted by Gasteiger charge is 2.10. The number of hydrogen-bond acceptors (Lipinski definition) is 4. The molecule has 0 atom stereocenters. The molecule has 0 bridgehead atoms. The maximum atomic E-state index is 12.7. The van der Waals surface area contributed by atoms with E-state index >= 15 is 0 Å². The van der Waals surface area contributed by atoms with Gasteiger partial charge in [0.2, 0.25) is 5.91 Å². The van der Waals surface area contributed by atoms with Crippen molar-refractivity contribution in [1.29, 1.82) is 0 Å². The molecule has 138 valence electrons. The van der Waals surface area contributed by atoms with Crippen molar-refractivity contribution in [2.45, 2.75) is 25.4 Å². The van der Waals surface area contributed by atoms with Gasteiger partial charge in [0.15, 0.2) is 5.03 Å². The summed E-state index contributed by atoms with van der Waals surface area (Å²) in [4.78, 5) is 28.9. The van der Waals surface area contributed by atoms with Crippen LogP contribution in [0.1, 0.15) is 16.7 Å². The first-order valence-corrected chi connectivity index (χ1v) is 9.61. The summed E-state index contributed by atoms with van der Waals surface area (Å²) in [6.07, 6.45) is 3.22.